The Morgan fingerprint density at radius 2 is 2.09 bits per heavy atom. The van der Waals surface area contributed by atoms with E-state index < -0.39 is 0 Å². The molecule has 1 aromatic carbocycles. The summed E-state index contributed by atoms with van der Waals surface area (Å²) in [4.78, 5) is 22.4. The highest BCUT2D eigenvalue weighted by Gasteiger charge is 2.42. The van der Waals surface area contributed by atoms with E-state index in [-0.39, 0.29) is 18.0 Å². The van der Waals surface area contributed by atoms with Gasteiger partial charge in [0, 0.05) is 24.2 Å². The average molecular weight is 325 g/mol. The van der Waals surface area contributed by atoms with Crippen molar-refractivity contribution >= 4 is 23.4 Å². The van der Waals surface area contributed by atoms with Gasteiger partial charge in [0.2, 0.25) is 5.91 Å². The summed E-state index contributed by atoms with van der Waals surface area (Å²) < 4.78 is 0. The number of pyridine rings is 1. The van der Waals surface area contributed by atoms with Crippen molar-refractivity contribution in [3.63, 3.8) is 0 Å². The number of likely N-dealkylation sites (N-methyl/N-ethyl adjacent to an activating group) is 1. The molecule has 1 aromatic heterocycles. The van der Waals surface area contributed by atoms with Gasteiger partial charge in [0.1, 0.15) is 6.04 Å². The molecule has 1 amide bonds. The molecule has 1 saturated heterocycles. The van der Waals surface area contributed by atoms with Crippen LogP contribution in [-0.2, 0) is 11.2 Å². The number of nitrogens with zero attached hydrogens (tertiary/aromatic N) is 3. The Labute approximate surface area is 140 Å². The first kappa shape index (κ1) is 14.6. The Kier molecular flexibility index (Phi) is 3.73. The van der Waals surface area contributed by atoms with Gasteiger partial charge >= 0.3 is 0 Å². The lowest BCUT2D eigenvalue weighted by Crippen LogP contribution is -2.39. The maximum atomic E-state index is 12.8. The van der Waals surface area contributed by atoms with Crippen molar-refractivity contribution in [1.82, 2.24) is 9.88 Å². The summed E-state index contributed by atoms with van der Waals surface area (Å²) in [6.07, 6.45) is 5.49. The second-order valence-electron chi connectivity index (χ2n) is 6.13. The lowest BCUT2D eigenvalue weighted by atomic mass is 10.0. The van der Waals surface area contributed by atoms with Gasteiger partial charge in [-0.05, 0) is 24.5 Å². The van der Waals surface area contributed by atoms with E-state index in [2.05, 4.69) is 34.1 Å². The van der Waals surface area contributed by atoms with Crippen molar-refractivity contribution in [3.05, 3.63) is 54.4 Å². The SMILES string of the molecule is CN1C(=O)C(N2CSc3ccncc32)C[C@@H]1Cc1ccccc1. The standard InChI is InChI=1S/C18H19N3OS/c1-20-14(9-13-5-3-2-4-6-13)10-15(18(20)22)21-12-23-17-7-8-19-11-16(17)21/h2-8,11,14-15H,9-10,12H2,1H3/t14-,15?/m0/s1. The Bertz CT molecular complexity index is 721. The molecule has 5 heteroatoms. The fourth-order valence-electron chi connectivity index (χ4n) is 3.48. The number of carbonyl (C=O) groups is 1. The number of fused-ring (bicyclic) bond motifs is 1. The fraction of sp³-hybridized carbons (Fsp3) is 0.333. The molecule has 3 heterocycles. The first-order valence-electron chi connectivity index (χ1n) is 7.88. The summed E-state index contributed by atoms with van der Waals surface area (Å²) in [5.74, 6) is 1.06. The minimum absolute atomic E-state index is 0.0633. The van der Waals surface area contributed by atoms with E-state index in [9.17, 15) is 4.79 Å². The van der Waals surface area contributed by atoms with Gasteiger partial charge < -0.3 is 9.80 Å². The lowest BCUT2D eigenvalue weighted by Gasteiger charge is -2.24. The van der Waals surface area contributed by atoms with Gasteiger partial charge in [-0.3, -0.25) is 9.78 Å². The van der Waals surface area contributed by atoms with Gasteiger partial charge in [0.15, 0.2) is 0 Å². The zero-order valence-electron chi connectivity index (χ0n) is 13.1. The van der Waals surface area contributed by atoms with Crippen molar-refractivity contribution in [2.45, 2.75) is 29.8 Å². The van der Waals surface area contributed by atoms with Crippen LogP contribution in [-0.4, -0.2) is 40.8 Å². The van der Waals surface area contributed by atoms with Crippen LogP contribution in [0.4, 0.5) is 5.69 Å². The molecule has 4 rings (SSSR count). The number of rotatable bonds is 3. The maximum Gasteiger partial charge on any atom is 0.245 e. The van der Waals surface area contributed by atoms with Crippen LogP contribution in [0.1, 0.15) is 12.0 Å². The van der Waals surface area contributed by atoms with Crippen molar-refractivity contribution in [2.24, 2.45) is 0 Å². The molecule has 2 atom stereocenters. The number of aromatic nitrogens is 1. The molecule has 0 spiro atoms. The molecule has 1 unspecified atom stereocenters. The zero-order chi connectivity index (χ0) is 15.8. The number of hydrogen-bond donors (Lipinski definition) is 0. The van der Waals surface area contributed by atoms with Crippen LogP contribution in [0, 0.1) is 0 Å². The minimum Gasteiger partial charge on any atom is -0.348 e. The third-order valence-corrected chi connectivity index (χ3v) is 5.86. The summed E-state index contributed by atoms with van der Waals surface area (Å²) in [6, 6.07) is 12.6. The summed E-state index contributed by atoms with van der Waals surface area (Å²) in [6.45, 7) is 0. The van der Waals surface area contributed by atoms with Crippen LogP contribution >= 0.6 is 11.8 Å². The van der Waals surface area contributed by atoms with E-state index in [4.69, 9.17) is 0 Å². The van der Waals surface area contributed by atoms with Crippen LogP contribution < -0.4 is 4.90 Å². The number of hydrogen-bond acceptors (Lipinski definition) is 4. The summed E-state index contributed by atoms with van der Waals surface area (Å²) in [5.41, 5.74) is 2.39. The van der Waals surface area contributed by atoms with Gasteiger partial charge in [-0.2, -0.15) is 0 Å². The number of anilines is 1. The summed E-state index contributed by atoms with van der Waals surface area (Å²) in [7, 11) is 1.93. The lowest BCUT2D eigenvalue weighted by molar-refractivity contribution is -0.128. The molecule has 2 aromatic rings. The predicted molar refractivity (Wildman–Crippen MR) is 92.5 cm³/mol. The molecule has 0 bridgehead atoms. The van der Waals surface area contributed by atoms with Crippen LogP contribution in [0.15, 0.2) is 53.7 Å². The Balaban J connectivity index is 1.54. The van der Waals surface area contributed by atoms with Gasteiger partial charge in [-0.15, -0.1) is 11.8 Å². The third-order valence-electron chi connectivity index (χ3n) is 4.80. The van der Waals surface area contributed by atoms with Gasteiger partial charge in [0.25, 0.3) is 0 Å². The average Bonchev–Trinajstić information content (AvgIpc) is 3.12. The van der Waals surface area contributed by atoms with Crippen molar-refractivity contribution < 1.29 is 4.79 Å². The van der Waals surface area contributed by atoms with E-state index >= 15 is 0 Å². The van der Waals surface area contributed by atoms with Gasteiger partial charge in [-0.1, -0.05) is 30.3 Å². The van der Waals surface area contributed by atoms with Crippen LogP contribution in [0.2, 0.25) is 0 Å². The van der Waals surface area contributed by atoms with E-state index in [0.29, 0.717) is 0 Å². The monoisotopic (exact) mass is 325 g/mol. The summed E-state index contributed by atoms with van der Waals surface area (Å²) in [5, 5.41) is 0. The molecule has 2 aliphatic heterocycles. The van der Waals surface area contributed by atoms with E-state index in [0.717, 1.165) is 24.4 Å². The van der Waals surface area contributed by atoms with Gasteiger partial charge in [-0.25, -0.2) is 0 Å². The van der Waals surface area contributed by atoms with Crippen LogP contribution in [0.3, 0.4) is 0 Å². The van der Waals surface area contributed by atoms with E-state index in [1.165, 1.54) is 10.5 Å². The van der Waals surface area contributed by atoms with Crippen LogP contribution in [0.5, 0.6) is 0 Å². The Morgan fingerprint density at radius 3 is 2.91 bits per heavy atom. The first-order valence-corrected chi connectivity index (χ1v) is 8.86. The van der Waals surface area contributed by atoms with E-state index in [1.807, 2.05) is 36.5 Å². The molecule has 4 nitrogen and oxygen atoms in total. The smallest absolute Gasteiger partial charge is 0.245 e. The topological polar surface area (TPSA) is 36.4 Å². The molecule has 1 fully saturated rings. The first-order chi connectivity index (χ1) is 11.2. The number of thioether (sulfide) groups is 1. The molecule has 0 N–H and O–H groups in total. The van der Waals surface area contributed by atoms with Gasteiger partial charge in [0.05, 0.1) is 17.8 Å². The maximum absolute atomic E-state index is 12.8. The molecular weight excluding hydrogens is 306 g/mol. The van der Waals surface area contributed by atoms with Crippen molar-refractivity contribution in [3.8, 4) is 0 Å². The number of likely N-dealkylation sites (tertiary alicyclic amines) is 1. The Morgan fingerprint density at radius 1 is 1.26 bits per heavy atom. The fourth-order valence-corrected chi connectivity index (χ4v) is 4.55. The molecule has 2 aliphatic rings. The second kappa shape index (κ2) is 5.89. The highest BCUT2D eigenvalue weighted by atomic mass is 32.2. The number of benzene rings is 1. The molecule has 118 valence electrons. The predicted octanol–water partition coefficient (Wildman–Crippen LogP) is 2.79. The molecule has 23 heavy (non-hydrogen) atoms. The molecule has 0 radical (unpaired) electrons. The minimum atomic E-state index is -0.0633. The largest absolute Gasteiger partial charge is 0.348 e. The summed E-state index contributed by atoms with van der Waals surface area (Å²) >= 11 is 1.79. The van der Waals surface area contributed by atoms with Crippen molar-refractivity contribution in [2.75, 3.05) is 17.8 Å². The second-order valence-corrected chi connectivity index (χ2v) is 7.12. The highest BCUT2D eigenvalue weighted by Crippen LogP contribution is 2.41. The third kappa shape index (κ3) is 2.59. The van der Waals surface area contributed by atoms with Crippen molar-refractivity contribution in [1.29, 1.82) is 0 Å². The quantitative estimate of drug-likeness (QED) is 0.869. The zero-order valence-corrected chi connectivity index (χ0v) is 13.9. The highest BCUT2D eigenvalue weighted by molar-refractivity contribution is 7.99. The van der Waals surface area contributed by atoms with Crippen LogP contribution in [0.25, 0.3) is 0 Å². The molecular formula is C18H19N3OS. The Hall–Kier alpha value is -2.01. The molecule has 0 saturated carbocycles. The van der Waals surface area contributed by atoms with E-state index in [1.54, 1.807) is 11.8 Å². The molecule has 0 aliphatic carbocycles. The number of amides is 1. The number of carbonyl (C=O) groups excluding carboxylic acids is 1. The normalized spacial score (nSPS) is 23.4.